The van der Waals surface area contributed by atoms with Gasteiger partial charge in [-0.3, -0.25) is 0 Å². The standard InChI is InChI=1S/C14H15ClN2O2/c1-8-16-11-7-12(19-2)10(14(18)4-3-5-14)6-9(11)13(15)17-8/h6-7,18H,3-5H2,1-2H3. The van der Waals surface area contributed by atoms with Crippen LogP contribution in [0, 0.1) is 6.92 Å². The highest BCUT2D eigenvalue weighted by molar-refractivity contribution is 6.34. The number of methoxy groups -OCH3 is 1. The molecular formula is C14H15ClN2O2. The number of aromatic nitrogens is 2. The van der Waals surface area contributed by atoms with Gasteiger partial charge in [-0.25, -0.2) is 9.97 Å². The number of rotatable bonds is 2. The van der Waals surface area contributed by atoms with Gasteiger partial charge in [0.1, 0.15) is 16.7 Å². The molecule has 0 atom stereocenters. The Kier molecular flexibility index (Phi) is 2.87. The van der Waals surface area contributed by atoms with Gasteiger partial charge in [0.05, 0.1) is 18.2 Å². The largest absolute Gasteiger partial charge is 0.496 e. The van der Waals surface area contributed by atoms with Crippen molar-refractivity contribution >= 4 is 22.5 Å². The zero-order valence-corrected chi connectivity index (χ0v) is 11.7. The average molecular weight is 279 g/mol. The molecule has 0 saturated heterocycles. The molecule has 0 bridgehead atoms. The van der Waals surface area contributed by atoms with Crippen molar-refractivity contribution in [2.75, 3.05) is 7.11 Å². The van der Waals surface area contributed by atoms with Crippen LogP contribution in [0.3, 0.4) is 0 Å². The second-order valence-corrected chi connectivity index (χ2v) is 5.37. The summed E-state index contributed by atoms with van der Waals surface area (Å²) < 4.78 is 5.39. The number of nitrogens with zero attached hydrogens (tertiary/aromatic N) is 2. The van der Waals surface area contributed by atoms with E-state index in [1.807, 2.05) is 12.1 Å². The van der Waals surface area contributed by atoms with Gasteiger partial charge in [-0.2, -0.15) is 0 Å². The van der Waals surface area contributed by atoms with E-state index in [0.29, 0.717) is 16.7 Å². The van der Waals surface area contributed by atoms with Crippen LogP contribution in [0.4, 0.5) is 0 Å². The molecule has 1 N–H and O–H groups in total. The summed E-state index contributed by atoms with van der Waals surface area (Å²) in [5, 5.41) is 11.7. The van der Waals surface area contributed by atoms with E-state index in [4.69, 9.17) is 16.3 Å². The molecule has 1 aromatic carbocycles. The Balaban J connectivity index is 2.27. The van der Waals surface area contributed by atoms with Crippen LogP contribution < -0.4 is 4.74 Å². The highest BCUT2D eigenvalue weighted by atomic mass is 35.5. The van der Waals surface area contributed by atoms with E-state index in [2.05, 4.69) is 9.97 Å². The summed E-state index contributed by atoms with van der Waals surface area (Å²) in [6.45, 7) is 1.80. The van der Waals surface area contributed by atoms with Gasteiger partial charge >= 0.3 is 0 Å². The maximum Gasteiger partial charge on any atom is 0.140 e. The van der Waals surface area contributed by atoms with Crippen LogP contribution in [0.5, 0.6) is 5.75 Å². The third kappa shape index (κ3) is 1.95. The van der Waals surface area contributed by atoms with Gasteiger partial charge in [-0.05, 0) is 32.3 Å². The Morgan fingerprint density at radius 1 is 1.32 bits per heavy atom. The van der Waals surface area contributed by atoms with Crippen molar-refractivity contribution < 1.29 is 9.84 Å². The Hall–Kier alpha value is -1.39. The Labute approximate surface area is 116 Å². The van der Waals surface area contributed by atoms with Crippen molar-refractivity contribution in [3.8, 4) is 5.75 Å². The zero-order valence-electron chi connectivity index (χ0n) is 10.9. The Morgan fingerprint density at radius 3 is 2.63 bits per heavy atom. The number of ether oxygens (including phenoxy) is 1. The number of aryl methyl sites for hydroxylation is 1. The third-order valence-corrected chi connectivity index (χ3v) is 4.05. The highest BCUT2D eigenvalue weighted by Gasteiger charge is 2.39. The molecule has 19 heavy (non-hydrogen) atoms. The summed E-state index contributed by atoms with van der Waals surface area (Å²) in [7, 11) is 1.60. The van der Waals surface area contributed by atoms with Gasteiger partial charge in [-0.1, -0.05) is 11.6 Å². The van der Waals surface area contributed by atoms with Crippen molar-refractivity contribution in [2.24, 2.45) is 0 Å². The van der Waals surface area contributed by atoms with Gasteiger partial charge in [0.15, 0.2) is 0 Å². The monoisotopic (exact) mass is 278 g/mol. The number of hydrogen-bond acceptors (Lipinski definition) is 4. The predicted molar refractivity (Wildman–Crippen MR) is 73.6 cm³/mol. The predicted octanol–water partition coefficient (Wildman–Crippen LogP) is 2.97. The van der Waals surface area contributed by atoms with E-state index in [0.717, 1.165) is 35.7 Å². The lowest BCUT2D eigenvalue weighted by molar-refractivity contribution is -0.0403. The minimum Gasteiger partial charge on any atom is -0.496 e. The molecule has 2 aromatic rings. The number of benzene rings is 1. The van der Waals surface area contributed by atoms with E-state index in [-0.39, 0.29) is 0 Å². The van der Waals surface area contributed by atoms with E-state index >= 15 is 0 Å². The van der Waals surface area contributed by atoms with E-state index in [9.17, 15) is 5.11 Å². The van der Waals surface area contributed by atoms with E-state index in [1.54, 1.807) is 14.0 Å². The topological polar surface area (TPSA) is 55.2 Å². The molecule has 0 unspecified atom stereocenters. The van der Waals surface area contributed by atoms with Crippen molar-refractivity contribution in [3.63, 3.8) is 0 Å². The first-order valence-corrected chi connectivity index (χ1v) is 6.66. The van der Waals surface area contributed by atoms with Gasteiger partial charge < -0.3 is 9.84 Å². The molecule has 0 radical (unpaired) electrons. The number of aliphatic hydroxyl groups is 1. The van der Waals surface area contributed by atoms with Crippen molar-refractivity contribution in [1.29, 1.82) is 0 Å². The average Bonchev–Trinajstić information content (AvgIpc) is 2.34. The van der Waals surface area contributed by atoms with Gasteiger partial charge in [0, 0.05) is 17.0 Å². The fraction of sp³-hybridized carbons (Fsp3) is 0.429. The summed E-state index contributed by atoms with van der Waals surface area (Å²) in [6.07, 6.45) is 2.52. The normalized spacial score (nSPS) is 17.3. The maximum atomic E-state index is 10.5. The van der Waals surface area contributed by atoms with Crippen LogP contribution in [0.25, 0.3) is 10.9 Å². The lowest BCUT2D eigenvalue weighted by Gasteiger charge is -2.38. The van der Waals surface area contributed by atoms with E-state index < -0.39 is 5.60 Å². The van der Waals surface area contributed by atoms with Crippen molar-refractivity contribution in [3.05, 3.63) is 28.7 Å². The van der Waals surface area contributed by atoms with Gasteiger partial charge in [0.25, 0.3) is 0 Å². The smallest absolute Gasteiger partial charge is 0.140 e. The van der Waals surface area contributed by atoms with Crippen molar-refractivity contribution in [1.82, 2.24) is 9.97 Å². The molecule has 1 heterocycles. The lowest BCUT2D eigenvalue weighted by atomic mass is 9.74. The maximum absolute atomic E-state index is 10.5. The Morgan fingerprint density at radius 2 is 2.05 bits per heavy atom. The summed E-state index contributed by atoms with van der Waals surface area (Å²) >= 11 is 6.17. The molecule has 1 aromatic heterocycles. The number of fused-ring (bicyclic) bond motifs is 1. The zero-order chi connectivity index (χ0) is 13.6. The summed E-state index contributed by atoms with van der Waals surface area (Å²) in [5.41, 5.74) is 0.720. The summed E-state index contributed by atoms with van der Waals surface area (Å²) in [6, 6.07) is 3.68. The molecule has 1 aliphatic carbocycles. The molecule has 0 aliphatic heterocycles. The van der Waals surface area contributed by atoms with Crippen LogP contribution in [0.2, 0.25) is 5.15 Å². The molecule has 100 valence electrons. The van der Waals surface area contributed by atoms with Crippen LogP contribution in [-0.4, -0.2) is 22.2 Å². The first-order valence-electron chi connectivity index (χ1n) is 6.28. The molecule has 5 heteroatoms. The minimum absolute atomic E-state index is 0.411. The summed E-state index contributed by atoms with van der Waals surface area (Å²) in [4.78, 5) is 8.51. The Bertz CT molecular complexity index is 653. The third-order valence-electron chi connectivity index (χ3n) is 3.76. The van der Waals surface area contributed by atoms with Crippen molar-refractivity contribution in [2.45, 2.75) is 31.8 Å². The van der Waals surface area contributed by atoms with Crippen LogP contribution in [-0.2, 0) is 5.60 Å². The first kappa shape index (κ1) is 12.6. The summed E-state index contributed by atoms with van der Waals surface area (Å²) in [5.74, 6) is 1.28. The second-order valence-electron chi connectivity index (χ2n) is 5.02. The van der Waals surface area contributed by atoms with E-state index in [1.165, 1.54) is 0 Å². The molecule has 0 spiro atoms. The highest BCUT2D eigenvalue weighted by Crippen LogP contribution is 2.46. The van der Waals surface area contributed by atoms with Crippen LogP contribution in [0.1, 0.15) is 30.7 Å². The first-order chi connectivity index (χ1) is 9.03. The number of hydrogen-bond donors (Lipinski definition) is 1. The van der Waals surface area contributed by atoms with Crippen LogP contribution in [0.15, 0.2) is 12.1 Å². The molecule has 0 amide bonds. The van der Waals surface area contributed by atoms with Gasteiger partial charge in [-0.15, -0.1) is 0 Å². The fourth-order valence-electron chi connectivity index (χ4n) is 2.54. The second kappa shape index (κ2) is 4.32. The molecule has 1 aliphatic rings. The van der Waals surface area contributed by atoms with Crippen LogP contribution >= 0.6 is 11.6 Å². The lowest BCUT2D eigenvalue weighted by Crippen LogP contribution is -2.34. The molecule has 1 fully saturated rings. The fourth-order valence-corrected chi connectivity index (χ4v) is 2.82. The molecule has 3 rings (SSSR count). The SMILES string of the molecule is COc1cc2nc(C)nc(Cl)c2cc1C1(O)CCC1. The minimum atomic E-state index is -0.798. The molecular weight excluding hydrogens is 264 g/mol. The molecule has 4 nitrogen and oxygen atoms in total. The van der Waals surface area contributed by atoms with Gasteiger partial charge in [0.2, 0.25) is 0 Å². The number of halogens is 1. The molecule has 1 saturated carbocycles. The quantitative estimate of drug-likeness (QED) is 0.858.